The maximum absolute atomic E-state index is 13.0. The molecule has 4 rings (SSSR count). The van der Waals surface area contributed by atoms with Gasteiger partial charge in [-0.15, -0.1) is 5.10 Å². The zero-order valence-electron chi connectivity index (χ0n) is 15.4. The van der Waals surface area contributed by atoms with Crippen LogP contribution in [0.15, 0.2) is 85.2 Å². The first-order valence-corrected chi connectivity index (χ1v) is 8.94. The predicted octanol–water partition coefficient (Wildman–Crippen LogP) is 3.60. The summed E-state index contributed by atoms with van der Waals surface area (Å²) in [5.41, 5.74) is 4.61. The number of aromatic nitrogens is 4. The number of hydrogen-bond donors (Lipinski definition) is 0. The van der Waals surface area contributed by atoms with E-state index in [0.29, 0.717) is 17.8 Å². The molecule has 0 saturated heterocycles. The highest BCUT2D eigenvalue weighted by molar-refractivity contribution is 5.97. The summed E-state index contributed by atoms with van der Waals surface area (Å²) >= 11 is 0. The fraction of sp³-hybridized carbons (Fsp3) is 0.0909. The van der Waals surface area contributed by atoms with Gasteiger partial charge >= 0.3 is 0 Å². The average Bonchev–Trinajstić information content (AvgIpc) is 3.29. The van der Waals surface area contributed by atoms with Gasteiger partial charge in [-0.2, -0.15) is 4.68 Å². The summed E-state index contributed by atoms with van der Waals surface area (Å²) in [6.07, 6.45) is 1.48. The van der Waals surface area contributed by atoms with E-state index in [1.165, 1.54) is 16.6 Å². The van der Waals surface area contributed by atoms with Crippen LogP contribution < -0.4 is 0 Å². The molecule has 28 heavy (non-hydrogen) atoms. The van der Waals surface area contributed by atoms with E-state index < -0.39 is 0 Å². The van der Waals surface area contributed by atoms with Crippen molar-refractivity contribution in [3.8, 4) is 16.8 Å². The van der Waals surface area contributed by atoms with Crippen LogP contribution in [0.3, 0.4) is 0 Å². The van der Waals surface area contributed by atoms with Gasteiger partial charge in [0.1, 0.15) is 6.33 Å². The van der Waals surface area contributed by atoms with Crippen molar-refractivity contribution in [2.75, 3.05) is 7.05 Å². The fourth-order valence-electron chi connectivity index (χ4n) is 3.11. The first-order chi connectivity index (χ1) is 13.7. The highest BCUT2D eigenvalue weighted by Crippen LogP contribution is 2.20. The first kappa shape index (κ1) is 17.6. The molecule has 0 saturated carbocycles. The van der Waals surface area contributed by atoms with E-state index in [9.17, 15) is 4.79 Å². The van der Waals surface area contributed by atoms with E-state index in [1.807, 2.05) is 36.4 Å². The number of para-hydroxylation sites is 1. The lowest BCUT2D eigenvalue weighted by Crippen LogP contribution is -2.27. The molecule has 1 amide bonds. The zero-order chi connectivity index (χ0) is 19.3. The van der Waals surface area contributed by atoms with Crippen molar-refractivity contribution >= 4 is 5.91 Å². The van der Waals surface area contributed by atoms with Crippen LogP contribution in [0.2, 0.25) is 0 Å². The molecule has 1 heterocycles. The van der Waals surface area contributed by atoms with Crippen LogP contribution >= 0.6 is 0 Å². The molecule has 138 valence electrons. The minimum Gasteiger partial charge on any atom is -0.337 e. The van der Waals surface area contributed by atoms with Gasteiger partial charge in [-0.1, -0.05) is 66.7 Å². The van der Waals surface area contributed by atoms with E-state index in [0.717, 1.165) is 11.1 Å². The Morgan fingerprint density at radius 1 is 0.893 bits per heavy atom. The van der Waals surface area contributed by atoms with Gasteiger partial charge in [0.25, 0.3) is 5.91 Å². The van der Waals surface area contributed by atoms with Crippen molar-refractivity contribution in [1.82, 2.24) is 25.1 Å². The van der Waals surface area contributed by atoms with Crippen molar-refractivity contribution in [1.29, 1.82) is 0 Å². The van der Waals surface area contributed by atoms with Crippen LogP contribution in [-0.4, -0.2) is 38.1 Å². The fourth-order valence-corrected chi connectivity index (χ4v) is 3.11. The summed E-state index contributed by atoms with van der Waals surface area (Å²) in [4.78, 5) is 14.7. The monoisotopic (exact) mass is 369 g/mol. The SMILES string of the molecule is CN(Cc1ccc(-c2ccccc2)cc1)C(=O)c1ccccc1-n1cnnn1. The van der Waals surface area contributed by atoms with Gasteiger partial charge in [0.2, 0.25) is 0 Å². The molecule has 0 radical (unpaired) electrons. The smallest absolute Gasteiger partial charge is 0.256 e. The maximum atomic E-state index is 13.0. The van der Waals surface area contributed by atoms with Crippen LogP contribution in [0, 0.1) is 0 Å². The molecule has 1 aromatic heterocycles. The largest absolute Gasteiger partial charge is 0.337 e. The Balaban J connectivity index is 1.51. The Bertz CT molecular complexity index is 1060. The van der Waals surface area contributed by atoms with E-state index in [1.54, 1.807) is 18.0 Å². The van der Waals surface area contributed by atoms with Gasteiger partial charge in [-0.3, -0.25) is 4.79 Å². The van der Waals surface area contributed by atoms with Crippen molar-refractivity contribution in [2.45, 2.75) is 6.54 Å². The summed E-state index contributed by atoms with van der Waals surface area (Å²) in [6.45, 7) is 0.512. The summed E-state index contributed by atoms with van der Waals surface area (Å²) in [6, 6.07) is 25.8. The molecule has 0 fully saturated rings. The summed E-state index contributed by atoms with van der Waals surface area (Å²) in [5, 5.41) is 11.2. The van der Waals surface area contributed by atoms with E-state index >= 15 is 0 Å². The molecule has 0 aliphatic heterocycles. The molecule has 0 aliphatic carbocycles. The van der Waals surface area contributed by atoms with Crippen molar-refractivity contribution in [3.05, 3.63) is 96.3 Å². The Morgan fingerprint density at radius 3 is 2.29 bits per heavy atom. The lowest BCUT2D eigenvalue weighted by Gasteiger charge is -2.19. The number of hydrogen-bond acceptors (Lipinski definition) is 4. The molecule has 0 atom stereocenters. The van der Waals surface area contributed by atoms with E-state index in [2.05, 4.69) is 51.9 Å². The predicted molar refractivity (Wildman–Crippen MR) is 107 cm³/mol. The Kier molecular flexibility index (Phi) is 4.93. The van der Waals surface area contributed by atoms with E-state index in [-0.39, 0.29) is 5.91 Å². The molecular formula is C22H19N5O. The second kappa shape index (κ2) is 7.84. The molecule has 0 unspecified atom stereocenters. The lowest BCUT2D eigenvalue weighted by atomic mass is 10.0. The molecule has 6 heteroatoms. The lowest BCUT2D eigenvalue weighted by molar-refractivity contribution is 0.0785. The van der Waals surface area contributed by atoms with Crippen molar-refractivity contribution in [3.63, 3.8) is 0 Å². The zero-order valence-corrected chi connectivity index (χ0v) is 15.4. The summed E-state index contributed by atoms with van der Waals surface area (Å²) in [5.74, 6) is -0.0850. The summed E-state index contributed by atoms with van der Waals surface area (Å²) < 4.78 is 1.50. The minimum absolute atomic E-state index is 0.0850. The topological polar surface area (TPSA) is 63.9 Å². The summed E-state index contributed by atoms with van der Waals surface area (Å²) in [7, 11) is 1.80. The quantitative estimate of drug-likeness (QED) is 0.539. The number of carbonyl (C=O) groups excluding carboxylic acids is 1. The normalized spacial score (nSPS) is 10.6. The molecule has 0 spiro atoms. The van der Waals surface area contributed by atoms with Gasteiger partial charge in [0.15, 0.2) is 0 Å². The second-order valence-corrected chi connectivity index (χ2v) is 6.50. The van der Waals surface area contributed by atoms with Crippen LogP contribution in [0.25, 0.3) is 16.8 Å². The molecule has 0 N–H and O–H groups in total. The molecule has 0 aliphatic rings. The first-order valence-electron chi connectivity index (χ1n) is 8.94. The van der Waals surface area contributed by atoms with E-state index in [4.69, 9.17) is 0 Å². The Labute approximate surface area is 163 Å². The number of carbonyl (C=O) groups is 1. The van der Waals surface area contributed by atoms with Gasteiger partial charge < -0.3 is 4.90 Å². The number of benzene rings is 3. The maximum Gasteiger partial charge on any atom is 0.256 e. The van der Waals surface area contributed by atoms with Gasteiger partial charge in [-0.25, -0.2) is 0 Å². The number of tetrazole rings is 1. The Hall–Kier alpha value is -3.80. The van der Waals surface area contributed by atoms with Crippen LogP contribution in [0.5, 0.6) is 0 Å². The third kappa shape index (κ3) is 3.66. The second-order valence-electron chi connectivity index (χ2n) is 6.50. The molecule has 6 nitrogen and oxygen atoms in total. The molecular weight excluding hydrogens is 350 g/mol. The molecule has 4 aromatic rings. The highest BCUT2D eigenvalue weighted by Gasteiger charge is 2.17. The number of rotatable bonds is 5. The number of amides is 1. The van der Waals surface area contributed by atoms with Crippen molar-refractivity contribution in [2.24, 2.45) is 0 Å². The minimum atomic E-state index is -0.0850. The number of nitrogens with zero attached hydrogens (tertiary/aromatic N) is 5. The van der Waals surface area contributed by atoms with Gasteiger partial charge in [0, 0.05) is 13.6 Å². The Morgan fingerprint density at radius 2 is 1.57 bits per heavy atom. The van der Waals surface area contributed by atoms with Crippen molar-refractivity contribution < 1.29 is 4.79 Å². The van der Waals surface area contributed by atoms with Gasteiger partial charge in [-0.05, 0) is 39.2 Å². The molecule has 3 aromatic carbocycles. The third-order valence-electron chi connectivity index (χ3n) is 4.56. The third-order valence-corrected chi connectivity index (χ3v) is 4.56. The average molecular weight is 369 g/mol. The standard InChI is InChI=1S/C22H19N5O/c1-26(15-17-11-13-19(14-12-17)18-7-3-2-4-8-18)22(28)20-9-5-6-10-21(20)27-16-23-24-25-27/h2-14,16H,15H2,1H3. The molecule has 0 bridgehead atoms. The van der Waals surface area contributed by atoms with Crippen LogP contribution in [-0.2, 0) is 6.54 Å². The highest BCUT2D eigenvalue weighted by atomic mass is 16.2. The van der Waals surface area contributed by atoms with Crippen LogP contribution in [0.1, 0.15) is 15.9 Å². The van der Waals surface area contributed by atoms with Crippen LogP contribution in [0.4, 0.5) is 0 Å². The van der Waals surface area contributed by atoms with Gasteiger partial charge in [0.05, 0.1) is 11.3 Å².